The summed E-state index contributed by atoms with van der Waals surface area (Å²) >= 11 is 0. The highest BCUT2D eigenvalue weighted by molar-refractivity contribution is 7.87. The third kappa shape index (κ3) is 1.90. The predicted octanol–water partition coefficient (Wildman–Crippen LogP) is 0.475. The molecule has 5 nitrogen and oxygen atoms in total. The van der Waals surface area contributed by atoms with Crippen LogP contribution in [0.2, 0.25) is 0 Å². The summed E-state index contributed by atoms with van der Waals surface area (Å²) < 4.78 is 48.5. The van der Waals surface area contributed by atoms with E-state index in [1.165, 1.54) is 14.1 Å². The highest BCUT2D eigenvalue weighted by atomic mass is 32.2. The smallest absolute Gasteiger partial charge is 0.235 e. The fraction of sp³-hybridized carbons (Fsp3) is 0.500. The first kappa shape index (κ1) is 11.1. The lowest BCUT2D eigenvalue weighted by Gasteiger charge is -2.10. The van der Waals surface area contributed by atoms with Crippen LogP contribution in [-0.2, 0) is 10.2 Å². The number of rotatable bonds is 3. The van der Waals surface area contributed by atoms with E-state index in [1.807, 2.05) is 0 Å². The van der Waals surface area contributed by atoms with Crippen LogP contribution in [0.4, 0.5) is 8.78 Å². The van der Waals surface area contributed by atoms with E-state index in [9.17, 15) is 17.2 Å². The molecule has 1 heterocycles. The van der Waals surface area contributed by atoms with Crippen molar-refractivity contribution in [3.8, 4) is 0 Å². The monoisotopic (exact) mass is 225 g/mol. The molecule has 0 amide bonds. The molecule has 0 atom stereocenters. The van der Waals surface area contributed by atoms with Gasteiger partial charge in [0.25, 0.3) is 6.43 Å². The van der Waals surface area contributed by atoms with Crippen LogP contribution in [0.15, 0.2) is 12.5 Å². The number of halogens is 2. The molecule has 0 saturated heterocycles. The molecule has 14 heavy (non-hydrogen) atoms. The number of aromatic nitrogens is 2. The second-order valence-corrected chi connectivity index (χ2v) is 4.77. The zero-order chi connectivity index (χ0) is 10.9. The van der Waals surface area contributed by atoms with Gasteiger partial charge in [0, 0.05) is 14.1 Å². The lowest BCUT2D eigenvalue weighted by atomic mass is 10.5. The van der Waals surface area contributed by atoms with Gasteiger partial charge < -0.3 is 0 Å². The summed E-state index contributed by atoms with van der Waals surface area (Å²) in [6.07, 6.45) is -1.13. The second-order valence-electron chi connectivity index (χ2n) is 2.72. The third-order valence-electron chi connectivity index (χ3n) is 1.53. The van der Waals surface area contributed by atoms with E-state index in [4.69, 9.17) is 0 Å². The summed E-state index contributed by atoms with van der Waals surface area (Å²) in [5.41, 5.74) is -0.560. The minimum atomic E-state index is -3.74. The maximum atomic E-state index is 12.1. The molecular formula is C6H9F2N3O2S. The van der Waals surface area contributed by atoms with Crippen LogP contribution in [0.5, 0.6) is 0 Å². The first-order chi connectivity index (χ1) is 6.35. The molecule has 0 radical (unpaired) electrons. The van der Waals surface area contributed by atoms with Crippen LogP contribution in [-0.4, -0.2) is 35.8 Å². The zero-order valence-corrected chi connectivity index (χ0v) is 8.37. The quantitative estimate of drug-likeness (QED) is 0.751. The average Bonchev–Trinajstić information content (AvgIpc) is 2.51. The minimum Gasteiger partial charge on any atom is -0.235 e. The van der Waals surface area contributed by atoms with E-state index in [0.717, 1.165) is 16.8 Å². The van der Waals surface area contributed by atoms with Crippen LogP contribution >= 0.6 is 0 Å². The molecule has 80 valence electrons. The molecule has 1 rings (SSSR count). The Balaban J connectivity index is 3.10. The van der Waals surface area contributed by atoms with E-state index in [2.05, 4.69) is 4.98 Å². The molecule has 8 heteroatoms. The van der Waals surface area contributed by atoms with E-state index < -0.39 is 22.3 Å². The molecule has 0 aromatic carbocycles. The number of nitrogens with zero attached hydrogens (tertiary/aromatic N) is 3. The predicted molar refractivity (Wildman–Crippen MR) is 45.2 cm³/mol. The molecule has 0 aliphatic heterocycles. The van der Waals surface area contributed by atoms with Gasteiger partial charge in [0.1, 0.15) is 12.0 Å². The maximum absolute atomic E-state index is 12.1. The normalized spacial score (nSPS) is 12.7. The van der Waals surface area contributed by atoms with Crippen molar-refractivity contribution in [3.63, 3.8) is 0 Å². The number of alkyl halides is 2. The van der Waals surface area contributed by atoms with Crippen molar-refractivity contribution in [2.75, 3.05) is 14.1 Å². The molecule has 0 N–H and O–H groups in total. The molecule has 0 fully saturated rings. The lowest BCUT2D eigenvalue weighted by Crippen LogP contribution is -2.27. The van der Waals surface area contributed by atoms with Gasteiger partial charge in [0.15, 0.2) is 0 Å². The highest BCUT2D eigenvalue weighted by Gasteiger charge is 2.19. The van der Waals surface area contributed by atoms with Crippen molar-refractivity contribution in [1.29, 1.82) is 0 Å². The van der Waals surface area contributed by atoms with E-state index in [1.54, 1.807) is 0 Å². The molecule has 0 bridgehead atoms. The molecule has 0 spiro atoms. The largest absolute Gasteiger partial charge is 0.308 e. The van der Waals surface area contributed by atoms with Gasteiger partial charge in [-0.3, -0.25) is 0 Å². The summed E-state index contributed by atoms with van der Waals surface area (Å²) in [5.74, 6) is 0. The van der Waals surface area contributed by atoms with Gasteiger partial charge in [-0.2, -0.15) is 12.7 Å². The number of hydrogen-bond acceptors (Lipinski definition) is 3. The van der Waals surface area contributed by atoms with Crippen molar-refractivity contribution in [3.05, 3.63) is 18.2 Å². The lowest BCUT2D eigenvalue weighted by molar-refractivity contribution is 0.146. The molecule has 0 aliphatic rings. The molecule has 0 unspecified atom stereocenters. The summed E-state index contributed by atoms with van der Waals surface area (Å²) in [4.78, 5) is 3.27. The average molecular weight is 225 g/mol. The minimum absolute atomic E-state index is 0.560. The Labute approximate surface area is 80.2 Å². The molecule has 0 aliphatic carbocycles. The molecular weight excluding hydrogens is 216 g/mol. The van der Waals surface area contributed by atoms with Crippen molar-refractivity contribution in [1.82, 2.24) is 13.3 Å². The Bertz CT molecular complexity index is 412. The van der Waals surface area contributed by atoms with Gasteiger partial charge in [-0.25, -0.2) is 17.7 Å². The van der Waals surface area contributed by atoms with Crippen LogP contribution < -0.4 is 0 Å². The first-order valence-electron chi connectivity index (χ1n) is 3.60. The SMILES string of the molecule is CN(C)S(=O)(=O)n1cnc(C(F)F)c1. The van der Waals surface area contributed by atoms with Gasteiger partial charge >= 0.3 is 10.2 Å². The van der Waals surface area contributed by atoms with Gasteiger partial charge in [0.05, 0.1) is 6.20 Å². The first-order valence-corrected chi connectivity index (χ1v) is 5.00. The highest BCUT2D eigenvalue weighted by Crippen LogP contribution is 2.16. The zero-order valence-electron chi connectivity index (χ0n) is 7.55. The standard InChI is InChI=1S/C6H9F2N3O2S/c1-10(2)14(12,13)11-3-5(6(7)8)9-4-11/h3-4,6H,1-2H3. The molecule has 0 saturated carbocycles. The Kier molecular flexibility index (Phi) is 2.86. The van der Waals surface area contributed by atoms with E-state index >= 15 is 0 Å². The summed E-state index contributed by atoms with van der Waals surface area (Å²) in [5, 5.41) is 0. The number of imidazole rings is 1. The van der Waals surface area contributed by atoms with Gasteiger partial charge in [-0.1, -0.05) is 0 Å². The fourth-order valence-corrected chi connectivity index (χ4v) is 1.53. The van der Waals surface area contributed by atoms with Gasteiger partial charge in [-0.05, 0) is 0 Å². The topological polar surface area (TPSA) is 55.2 Å². The van der Waals surface area contributed by atoms with Crippen molar-refractivity contribution in [2.24, 2.45) is 0 Å². The van der Waals surface area contributed by atoms with Crippen LogP contribution in [0.3, 0.4) is 0 Å². The van der Waals surface area contributed by atoms with E-state index in [-0.39, 0.29) is 0 Å². The maximum Gasteiger partial charge on any atom is 0.308 e. The van der Waals surface area contributed by atoms with Crippen molar-refractivity contribution < 1.29 is 17.2 Å². The third-order valence-corrected chi connectivity index (χ3v) is 3.19. The molecule has 1 aromatic rings. The number of hydrogen-bond donors (Lipinski definition) is 0. The Morgan fingerprint density at radius 3 is 2.43 bits per heavy atom. The summed E-state index contributed by atoms with van der Waals surface area (Å²) in [6.45, 7) is 0. The Morgan fingerprint density at radius 1 is 1.50 bits per heavy atom. The van der Waals surface area contributed by atoms with Crippen LogP contribution in [0.1, 0.15) is 12.1 Å². The van der Waals surface area contributed by atoms with Gasteiger partial charge in [-0.15, -0.1) is 0 Å². The van der Waals surface area contributed by atoms with Crippen LogP contribution in [0.25, 0.3) is 0 Å². The summed E-state index contributed by atoms with van der Waals surface area (Å²) in [7, 11) is -1.13. The van der Waals surface area contributed by atoms with E-state index in [0.29, 0.717) is 3.97 Å². The Morgan fingerprint density at radius 2 is 2.07 bits per heavy atom. The molecule has 1 aromatic heterocycles. The van der Waals surface area contributed by atoms with Crippen molar-refractivity contribution in [2.45, 2.75) is 6.43 Å². The second kappa shape index (κ2) is 3.62. The summed E-state index contributed by atoms with van der Waals surface area (Å²) in [6, 6.07) is 0. The van der Waals surface area contributed by atoms with Gasteiger partial charge in [0.2, 0.25) is 0 Å². The van der Waals surface area contributed by atoms with Crippen LogP contribution in [0, 0.1) is 0 Å². The van der Waals surface area contributed by atoms with Crippen molar-refractivity contribution >= 4 is 10.2 Å². The Hall–Kier alpha value is -1.02. The fourth-order valence-electron chi connectivity index (χ4n) is 0.748.